The molecule has 3 rings (SSSR count). The highest BCUT2D eigenvalue weighted by Crippen LogP contribution is 2.39. The summed E-state index contributed by atoms with van der Waals surface area (Å²) in [6, 6.07) is 7.56. The van der Waals surface area contributed by atoms with Crippen molar-refractivity contribution >= 4 is 40.7 Å². The van der Waals surface area contributed by atoms with Crippen molar-refractivity contribution in [2.45, 2.75) is 32.1 Å². The normalized spacial score (nSPS) is 18.4. The SMILES string of the molecule is CSCCCC1(C)CN(CC(=O)Nc2ccc(C(F)(F)F)cc2)N=C1c1ccc(C(F)(F)F)c(Cl)c1. The van der Waals surface area contributed by atoms with Crippen molar-refractivity contribution in [1.82, 2.24) is 5.01 Å². The standard InChI is InChI=1S/C24H24ClF6N3OS/c1-22(10-3-11-36-2)14-34(13-20(35)32-17-7-5-16(6-8-17)23(26,27)28)33-21(22)15-4-9-18(19(25)12-15)24(29,30)31/h4-9,12H,3,10-11,13-14H2,1-2H3,(H,32,35). The lowest BCUT2D eigenvalue weighted by atomic mass is 9.78. The van der Waals surface area contributed by atoms with Gasteiger partial charge >= 0.3 is 12.4 Å². The van der Waals surface area contributed by atoms with Gasteiger partial charge in [0, 0.05) is 17.6 Å². The number of carbonyl (C=O) groups is 1. The van der Waals surface area contributed by atoms with Gasteiger partial charge < -0.3 is 5.32 Å². The van der Waals surface area contributed by atoms with E-state index in [-0.39, 0.29) is 12.2 Å². The molecule has 1 heterocycles. The van der Waals surface area contributed by atoms with Gasteiger partial charge in [0.2, 0.25) is 5.91 Å². The Morgan fingerprint density at radius 2 is 1.78 bits per heavy atom. The number of alkyl halides is 6. The van der Waals surface area contributed by atoms with Gasteiger partial charge in [-0.3, -0.25) is 9.80 Å². The first-order valence-corrected chi connectivity index (χ1v) is 12.7. The lowest BCUT2D eigenvalue weighted by Crippen LogP contribution is -2.35. The summed E-state index contributed by atoms with van der Waals surface area (Å²) in [6.07, 6.45) is -5.58. The van der Waals surface area contributed by atoms with E-state index in [0.29, 0.717) is 24.2 Å². The van der Waals surface area contributed by atoms with E-state index in [1.54, 1.807) is 11.8 Å². The van der Waals surface area contributed by atoms with Crippen LogP contribution in [0.3, 0.4) is 0 Å². The molecule has 2 aromatic rings. The molecule has 1 aliphatic rings. The van der Waals surface area contributed by atoms with Crippen LogP contribution in [-0.4, -0.2) is 41.7 Å². The van der Waals surface area contributed by atoms with Crippen molar-refractivity contribution in [2.24, 2.45) is 10.5 Å². The molecule has 0 radical (unpaired) electrons. The van der Waals surface area contributed by atoms with Crippen LogP contribution in [0.2, 0.25) is 5.02 Å². The third-order valence-electron chi connectivity index (χ3n) is 5.79. The van der Waals surface area contributed by atoms with E-state index in [4.69, 9.17) is 11.6 Å². The van der Waals surface area contributed by atoms with Crippen LogP contribution < -0.4 is 5.32 Å². The second-order valence-electron chi connectivity index (χ2n) is 8.74. The van der Waals surface area contributed by atoms with Crippen molar-refractivity contribution in [3.63, 3.8) is 0 Å². The lowest BCUT2D eigenvalue weighted by molar-refractivity contribution is -0.138. The van der Waals surface area contributed by atoms with Crippen molar-refractivity contribution in [3.8, 4) is 0 Å². The molecular weight excluding hydrogens is 528 g/mol. The van der Waals surface area contributed by atoms with Gasteiger partial charge in [-0.15, -0.1) is 0 Å². The number of nitrogens with one attached hydrogen (secondary N) is 1. The topological polar surface area (TPSA) is 44.7 Å². The van der Waals surface area contributed by atoms with Crippen LogP contribution in [0.25, 0.3) is 0 Å². The van der Waals surface area contributed by atoms with Crippen molar-refractivity contribution in [2.75, 3.05) is 30.4 Å². The van der Waals surface area contributed by atoms with Crippen LogP contribution in [0, 0.1) is 5.41 Å². The van der Waals surface area contributed by atoms with Gasteiger partial charge in [-0.25, -0.2) is 0 Å². The Morgan fingerprint density at radius 1 is 1.11 bits per heavy atom. The van der Waals surface area contributed by atoms with Gasteiger partial charge in [-0.05, 0) is 66.8 Å². The van der Waals surface area contributed by atoms with E-state index in [1.165, 1.54) is 17.1 Å². The fourth-order valence-electron chi connectivity index (χ4n) is 4.08. The highest BCUT2D eigenvalue weighted by molar-refractivity contribution is 7.98. The van der Waals surface area contributed by atoms with Gasteiger partial charge in [0.25, 0.3) is 0 Å². The Hall–Kier alpha value is -2.40. The molecule has 0 fully saturated rings. The van der Waals surface area contributed by atoms with Crippen LogP contribution in [0.4, 0.5) is 32.0 Å². The molecule has 36 heavy (non-hydrogen) atoms. The van der Waals surface area contributed by atoms with Gasteiger partial charge in [0.05, 0.1) is 21.9 Å². The van der Waals surface area contributed by atoms with Gasteiger partial charge in [0.1, 0.15) is 6.54 Å². The number of halogens is 7. The highest BCUT2D eigenvalue weighted by Gasteiger charge is 2.40. The third kappa shape index (κ3) is 6.88. The average molecular weight is 552 g/mol. The monoisotopic (exact) mass is 551 g/mol. The van der Waals surface area contributed by atoms with E-state index in [2.05, 4.69) is 10.4 Å². The number of hydrogen-bond donors (Lipinski definition) is 1. The summed E-state index contributed by atoms with van der Waals surface area (Å²) in [5.74, 6) is 0.391. The molecule has 0 bridgehead atoms. The first-order valence-electron chi connectivity index (χ1n) is 10.9. The largest absolute Gasteiger partial charge is 0.417 e. The Balaban J connectivity index is 1.79. The van der Waals surface area contributed by atoms with Gasteiger partial charge in [-0.2, -0.15) is 43.2 Å². The predicted molar refractivity (Wildman–Crippen MR) is 130 cm³/mol. The smallest absolute Gasteiger partial charge is 0.324 e. The summed E-state index contributed by atoms with van der Waals surface area (Å²) in [4.78, 5) is 12.6. The highest BCUT2D eigenvalue weighted by atomic mass is 35.5. The quantitative estimate of drug-likeness (QED) is 0.279. The number of hydrazone groups is 1. The number of hydrogen-bond acceptors (Lipinski definition) is 4. The number of thioether (sulfide) groups is 1. The first-order chi connectivity index (χ1) is 16.7. The molecule has 196 valence electrons. The number of nitrogens with zero attached hydrogens (tertiary/aromatic N) is 2. The summed E-state index contributed by atoms with van der Waals surface area (Å²) in [5, 5.41) is 8.17. The number of carbonyl (C=O) groups excluding carboxylic acids is 1. The van der Waals surface area contributed by atoms with Crippen LogP contribution >= 0.6 is 23.4 Å². The Labute approximate surface area is 214 Å². The molecule has 12 heteroatoms. The maximum atomic E-state index is 13.2. The zero-order chi connectivity index (χ0) is 26.7. The van der Waals surface area contributed by atoms with Crippen LogP contribution in [-0.2, 0) is 17.1 Å². The van der Waals surface area contributed by atoms with Gasteiger partial charge in [-0.1, -0.05) is 24.6 Å². The summed E-state index contributed by atoms with van der Waals surface area (Å²) in [7, 11) is 0. The average Bonchev–Trinajstić information content (AvgIpc) is 3.08. The van der Waals surface area contributed by atoms with E-state index >= 15 is 0 Å². The van der Waals surface area contributed by atoms with E-state index < -0.39 is 39.8 Å². The number of anilines is 1. The molecule has 4 nitrogen and oxygen atoms in total. The zero-order valence-electron chi connectivity index (χ0n) is 19.4. The van der Waals surface area contributed by atoms with E-state index in [0.717, 1.165) is 42.5 Å². The van der Waals surface area contributed by atoms with E-state index in [9.17, 15) is 31.1 Å². The fourth-order valence-corrected chi connectivity index (χ4v) is 4.80. The molecular formula is C24H24ClF6N3OS. The number of rotatable bonds is 8. The molecule has 2 aromatic carbocycles. The molecule has 0 aromatic heterocycles. The molecule has 1 aliphatic heterocycles. The molecule has 0 saturated carbocycles. The van der Waals surface area contributed by atoms with Crippen LogP contribution in [0.1, 0.15) is 36.5 Å². The zero-order valence-corrected chi connectivity index (χ0v) is 21.0. The minimum atomic E-state index is -4.59. The maximum absolute atomic E-state index is 13.2. The summed E-state index contributed by atoms with van der Waals surface area (Å²) in [6.45, 7) is 2.10. The molecule has 1 amide bonds. The van der Waals surface area contributed by atoms with Crippen molar-refractivity contribution in [1.29, 1.82) is 0 Å². The Kier molecular flexibility index (Phi) is 8.55. The second-order valence-corrected chi connectivity index (χ2v) is 10.1. The molecule has 0 aliphatic carbocycles. The first kappa shape index (κ1) is 28.2. The number of benzene rings is 2. The Bertz CT molecular complexity index is 1120. The molecule has 1 atom stereocenters. The minimum Gasteiger partial charge on any atom is -0.324 e. The summed E-state index contributed by atoms with van der Waals surface area (Å²) < 4.78 is 77.7. The van der Waals surface area contributed by atoms with Crippen LogP contribution in [0.5, 0.6) is 0 Å². The molecule has 1 unspecified atom stereocenters. The Morgan fingerprint density at radius 3 is 2.33 bits per heavy atom. The molecule has 0 spiro atoms. The molecule has 1 N–H and O–H groups in total. The molecule has 0 saturated heterocycles. The van der Waals surface area contributed by atoms with Gasteiger partial charge in [0.15, 0.2) is 0 Å². The van der Waals surface area contributed by atoms with Crippen molar-refractivity contribution in [3.05, 3.63) is 64.2 Å². The lowest BCUT2D eigenvalue weighted by Gasteiger charge is -2.27. The number of amides is 1. The predicted octanol–water partition coefficient (Wildman–Crippen LogP) is 7.19. The minimum absolute atomic E-state index is 0.184. The second kappa shape index (κ2) is 10.9. The van der Waals surface area contributed by atoms with E-state index in [1.807, 2.05) is 13.2 Å². The fraction of sp³-hybridized carbons (Fsp3) is 0.417. The maximum Gasteiger partial charge on any atom is 0.417 e. The third-order valence-corrected chi connectivity index (χ3v) is 6.80. The van der Waals surface area contributed by atoms with Crippen LogP contribution in [0.15, 0.2) is 47.6 Å². The summed E-state index contributed by atoms with van der Waals surface area (Å²) >= 11 is 7.61. The summed E-state index contributed by atoms with van der Waals surface area (Å²) in [5.41, 5.74) is -1.15. The van der Waals surface area contributed by atoms with Crippen molar-refractivity contribution < 1.29 is 31.1 Å².